The minimum Gasteiger partial charge on any atom is -0.454 e. The van der Waals surface area contributed by atoms with Crippen LogP contribution in [0, 0.1) is 11.3 Å². The van der Waals surface area contributed by atoms with Gasteiger partial charge < -0.3 is 25.1 Å². The van der Waals surface area contributed by atoms with E-state index in [0.29, 0.717) is 59.0 Å². The summed E-state index contributed by atoms with van der Waals surface area (Å²) in [4.78, 5) is 12.9. The molecule has 0 aromatic carbocycles. The smallest absolute Gasteiger partial charge is 0.210 e. The van der Waals surface area contributed by atoms with Crippen molar-refractivity contribution in [1.82, 2.24) is 29.3 Å². The quantitative estimate of drug-likeness (QED) is 0.499. The van der Waals surface area contributed by atoms with Gasteiger partial charge in [0.1, 0.15) is 34.3 Å². The molecule has 4 aromatic heterocycles. The van der Waals surface area contributed by atoms with Crippen LogP contribution in [0.2, 0.25) is 0 Å². The molecule has 0 unspecified atom stereocenters. The van der Waals surface area contributed by atoms with Gasteiger partial charge in [0.2, 0.25) is 5.95 Å². The van der Waals surface area contributed by atoms with E-state index >= 15 is 0 Å². The van der Waals surface area contributed by atoms with Crippen LogP contribution in [-0.4, -0.2) is 35.9 Å². The molecule has 4 aromatic rings. The zero-order valence-electron chi connectivity index (χ0n) is 17.8. The summed E-state index contributed by atoms with van der Waals surface area (Å²) in [7, 11) is 1.80. The SMILES string of the molecule is Cn1c(Nc2cc3n(n2)CCOC3(C)C)nc2ncc(Oc3ccnc(N)c3)c(C#N)c21. The molecule has 0 fully saturated rings. The second-order valence-corrected chi connectivity index (χ2v) is 7.92. The number of nitrogens with one attached hydrogen (secondary N) is 1. The summed E-state index contributed by atoms with van der Waals surface area (Å²) >= 11 is 0. The number of pyridine rings is 2. The molecular formula is C21H21N9O2. The average Bonchev–Trinajstić information content (AvgIpc) is 3.30. The van der Waals surface area contributed by atoms with E-state index in [1.165, 1.54) is 12.4 Å². The third-order valence-corrected chi connectivity index (χ3v) is 5.36. The van der Waals surface area contributed by atoms with Gasteiger partial charge in [-0.2, -0.15) is 15.3 Å². The van der Waals surface area contributed by atoms with Gasteiger partial charge in [0.15, 0.2) is 17.2 Å². The van der Waals surface area contributed by atoms with Crippen LogP contribution in [0.3, 0.4) is 0 Å². The number of nitriles is 1. The molecule has 0 bridgehead atoms. The monoisotopic (exact) mass is 431 g/mol. The summed E-state index contributed by atoms with van der Waals surface area (Å²) in [6.45, 7) is 5.32. The van der Waals surface area contributed by atoms with Crippen molar-refractivity contribution in [3.8, 4) is 17.6 Å². The first kappa shape index (κ1) is 19.8. The van der Waals surface area contributed by atoms with E-state index in [1.807, 2.05) is 24.6 Å². The van der Waals surface area contributed by atoms with Crippen LogP contribution in [0.5, 0.6) is 11.5 Å². The molecular weight excluding hydrogens is 410 g/mol. The van der Waals surface area contributed by atoms with Crippen molar-refractivity contribution >= 4 is 28.7 Å². The van der Waals surface area contributed by atoms with Crippen LogP contribution >= 0.6 is 0 Å². The van der Waals surface area contributed by atoms with Crippen molar-refractivity contribution < 1.29 is 9.47 Å². The number of fused-ring (bicyclic) bond motifs is 2. The molecule has 3 N–H and O–H groups in total. The van der Waals surface area contributed by atoms with Gasteiger partial charge in [0.25, 0.3) is 0 Å². The summed E-state index contributed by atoms with van der Waals surface area (Å²) in [5.74, 6) is 2.22. The molecule has 11 nitrogen and oxygen atoms in total. The molecule has 0 spiro atoms. The number of aryl methyl sites for hydroxylation is 1. The maximum absolute atomic E-state index is 9.85. The highest BCUT2D eigenvalue weighted by molar-refractivity contribution is 5.84. The first-order valence-corrected chi connectivity index (χ1v) is 10.00. The Labute approximate surface area is 183 Å². The van der Waals surface area contributed by atoms with Crippen LogP contribution < -0.4 is 15.8 Å². The molecule has 1 aliphatic heterocycles. The molecule has 0 saturated heterocycles. The first-order chi connectivity index (χ1) is 15.4. The van der Waals surface area contributed by atoms with Crippen LogP contribution in [0.15, 0.2) is 30.6 Å². The van der Waals surface area contributed by atoms with Crippen molar-refractivity contribution in [2.75, 3.05) is 17.7 Å². The van der Waals surface area contributed by atoms with Gasteiger partial charge in [-0.15, -0.1) is 0 Å². The van der Waals surface area contributed by atoms with Crippen molar-refractivity contribution in [3.05, 3.63) is 41.9 Å². The lowest BCUT2D eigenvalue weighted by atomic mass is 10.0. The van der Waals surface area contributed by atoms with Crippen LogP contribution in [0.25, 0.3) is 11.2 Å². The van der Waals surface area contributed by atoms with Crippen LogP contribution in [0.1, 0.15) is 25.1 Å². The Hall–Kier alpha value is -4.17. The lowest BCUT2D eigenvalue weighted by molar-refractivity contribution is -0.0532. The van der Waals surface area contributed by atoms with Gasteiger partial charge in [-0.05, 0) is 19.9 Å². The molecule has 162 valence electrons. The van der Waals surface area contributed by atoms with Crippen molar-refractivity contribution in [2.24, 2.45) is 7.05 Å². The fraction of sp³-hybridized carbons (Fsp3) is 0.286. The highest BCUT2D eigenvalue weighted by atomic mass is 16.5. The van der Waals surface area contributed by atoms with Crippen LogP contribution in [0.4, 0.5) is 17.6 Å². The second-order valence-electron chi connectivity index (χ2n) is 7.92. The fourth-order valence-electron chi connectivity index (χ4n) is 3.78. The summed E-state index contributed by atoms with van der Waals surface area (Å²) in [6.07, 6.45) is 3.01. The van der Waals surface area contributed by atoms with E-state index in [1.54, 1.807) is 23.7 Å². The molecule has 5 rings (SSSR count). The van der Waals surface area contributed by atoms with Crippen molar-refractivity contribution in [3.63, 3.8) is 0 Å². The molecule has 0 atom stereocenters. The normalized spacial score (nSPS) is 14.7. The Morgan fingerprint density at radius 2 is 2.16 bits per heavy atom. The number of ether oxygens (including phenoxy) is 2. The zero-order chi connectivity index (χ0) is 22.5. The van der Waals surface area contributed by atoms with Crippen molar-refractivity contribution in [2.45, 2.75) is 26.0 Å². The third-order valence-electron chi connectivity index (χ3n) is 5.36. The minimum atomic E-state index is -0.421. The highest BCUT2D eigenvalue weighted by Gasteiger charge is 2.30. The molecule has 0 saturated carbocycles. The van der Waals surface area contributed by atoms with Crippen LogP contribution in [-0.2, 0) is 23.9 Å². The van der Waals surface area contributed by atoms with E-state index in [4.69, 9.17) is 15.2 Å². The van der Waals surface area contributed by atoms with Gasteiger partial charge in [0.05, 0.1) is 25.0 Å². The summed E-state index contributed by atoms with van der Waals surface area (Å²) in [5.41, 5.74) is 7.55. The Kier molecular flexibility index (Phi) is 4.45. The number of aromatic nitrogens is 6. The Morgan fingerprint density at radius 1 is 1.31 bits per heavy atom. The number of nitrogens with two attached hydrogens (primary N) is 1. The number of hydrogen-bond donors (Lipinski definition) is 2. The number of hydrogen-bond acceptors (Lipinski definition) is 9. The van der Waals surface area contributed by atoms with E-state index in [0.717, 1.165) is 5.69 Å². The third kappa shape index (κ3) is 3.27. The Balaban J connectivity index is 1.52. The Bertz CT molecular complexity index is 1380. The molecule has 11 heteroatoms. The minimum absolute atomic E-state index is 0.302. The molecule has 0 radical (unpaired) electrons. The molecule has 0 amide bonds. The Morgan fingerprint density at radius 3 is 2.91 bits per heavy atom. The number of nitrogen functional groups attached to an aromatic ring is 1. The molecule has 32 heavy (non-hydrogen) atoms. The molecule has 1 aliphatic rings. The van der Waals surface area contributed by atoms with Gasteiger partial charge in [-0.3, -0.25) is 4.68 Å². The fourth-order valence-corrected chi connectivity index (χ4v) is 3.78. The highest BCUT2D eigenvalue weighted by Crippen LogP contribution is 2.33. The summed E-state index contributed by atoms with van der Waals surface area (Å²) in [5, 5.41) is 17.7. The zero-order valence-corrected chi connectivity index (χ0v) is 17.8. The van der Waals surface area contributed by atoms with E-state index < -0.39 is 5.60 Å². The summed E-state index contributed by atoms with van der Waals surface area (Å²) in [6, 6.07) is 7.38. The van der Waals surface area contributed by atoms with Gasteiger partial charge >= 0.3 is 0 Å². The van der Waals surface area contributed by atoms with E-state index in [2.05, 4.69) is 31.4 Å². The number of nitrogens with zero attached hydrogens (tertiary/aromatic N) is 7. The lowest BCUT2D eigenvalue weighted by Gasteiger charge is -2.30. The van der Waals surface area contributed by atoms with Gasteiger partial charge in [0, 0.05) is 25.4 Å². The van der Waals surface area contributed by atoms with Gasteiger partial charge in [-0.1, -0.05) is 0 Å². The standard InChI is InChI=1S/C21H21N9O2/c1-21(2)15-9-17(28-30(15)6-7-31-21)26-20-27-19-18(29(20)3)13(10-22)14(11-25-19)32-12-4-5-24-16(23)8-12/h4-5,8-9,11H,6-7H2,1-3H3,(H2,23,24)(H,25,26,27,28). The first-order valence-electron chi connectivity index (χ1n) is 10.00. The lowest BCUT2D eigenvalue weighted by Crippen LogP contribution is -2.33. The van der Waals surface area contributed by atoms with Crippen molar-refractivity contribution in [1.29, 1.82) is 5.26 Å². The topological polar surface area (TPSA) is 142 Å². The predicted octanol–water partition coefficient (Wildman–Crippen LogP) is 2.81. The maximum Gasteiger partial charge on any atom is 0.210 e. The van der Waals surface area contributed by atoms with E-state index in [-0.39, 0.29) is 0 Å². The summed E-state index contributed by atoms with van der Waals surface area (Å²) < 4.78 is 15.4. The maximum atomic E-state index is 9.85. The number of anilines is 3. The second kappa shape index (κ2) is 7.21. The number of rotatable bonds is 4. The number of imidazole rings is 1. The van der Waals surface area contributed by atoms with Gasteiger partial charge in [-0.25, -0.2) is 9.97 Å². The largest absolute Gasteiger partial charge is 0.454 e. The predicted molar refractivity (Wildman–Crippen MR) is 116 cm³/mol. The molecule has 5 heterocycles. The molecule has 0 aliphatic carbocycles. The van der Waals surface area contributed by atoms with E-state index in [9.17, 15) is 5.26 Å². The average molecular weight is 431 g/mol.